The lowest BCUT2D eigenvalue weighted by Crippen LogP contribution is -2.12. The van der Waals surface area contributed by atoms with Crippen molar-refractivity contribution < 1.29 is 13.6 Å². The Morgan fingerprint density at radius 3 is 2.65 bits per heavy atom. The van der Waals surface area contributed by atoms with E-state index in [0.29, 0.717) is 0 Å². The van der Waals surface area contributed by atoms with Crippen molar-refractivity contribution in [3.05, 3.63) is 59.9 Å². The summed E-state index contributed by atoms with van der Waals surface area (Å²) in [6.07, 6.45) is 2.33. The molecule has 0 aliphatic carbocycles. The third kappa shape index (κ3) is 2.84. The standard InChI is InChI=1S/C12H8F2N2O/c13-9-3-1-2-8(4-9)12(17)16-11-5-10(14)6-15-7-11/h1-7H,(H,16,17). The fraction of sp³-hybridized carbons (Fsp3) is 0. The van der Waals surface area contributed by atoms with E-state index in [0.717, 1.165) is 18.3 Å². The third-order valence-corrected chi connectivity index (χ3v) is 2.05. The van der Waals surface area contributed by atoms with Crippen molar-refractivity contribution in [2.45, 2.75) is 0 Å². The van der Waals surface area contributed by atoms with Gasteiger partial charge in [-0.1, -0.05) is 6.07 Å². The number of nitrogens with zero attached hydrogens (tertiary/aromatic N) is 1. The Morgan fingerprint density at radius 1 is 1.12 bits per heavy atom. The average Bonchev–Trinajstić information content (AvgIpc) is 2.29. The van der Waals surface area contributed by atoms with E-state index >= 15 is 0 Å². The molecular formula is C12H8F2N2O. The summed E-state index contributed by atoms with van der Waals surface area (Å²) in [6.45, 7) is 0. The van der Waals surface area contributed by atoms with E-state index in [-0.39, 0.29) is 11.3 Å². The minimum Gasteiger partial charge on any atom is -0.320 e. The van der Waals surface area contributed by atoms with Gasteiger partial charge in [-0.2, -0.15) is 0 Å². The Kier molecular flexibility index (Phi) is 3.09. The van der Waals surface area contributed by atoms with Crippen LogP contribution in [0.2, 0.25) is 0 Å². The first kappa shape index (κ1) is 11.2. The zero-order valence-corrected chi connectivity index (χ0v) is 8.65. The molecule has 0 saturated carbocycles. The highest BCUT2D eigenvalue weighted by Crippen LogP contribution is 2.10. The van der Waals surface area contributed by atoms with Crippen molar-refractivity contribution in [1.29, 1.82) is 0 Å². The molecule has 0 fully saturated rings. The summed E-state index contributed by atoms with van der Waals surface area (Å²) < 4.78 is 25.7. The molecule has 1 amide bonds. The number of benzene rings is 1. The van der Waals surface area contributed by atoms with Gasteiger partial charge >= 0.3 is 0 Å². The normalized spacial score (nSPS) is 10.0. The lowest BCUT2D eigenvalue weighted by molar-refractivity contribution is 0.102. The number of nitrogens with one attached hydrogen (secondary N) is 1. The van der Waals surface area contributed by atoms with Gasteiger partial charge in [-0.15, -0.1) is 0 Å². The molecular weight excluding hydrogens is 226 g/mol. The van der Waals surface area contributed by atoms with Gasteiger partial charge in [-0.25, -0.2) is 8.78 Å². The molecule has 0 radical (unpaired) electrons. The molecule has 1 N–H and O–H groups in total. The van der Waals surface area contributed by atoms with E-state index in [9.17, 15) is 13.6 Å². The smallest absolute Gasteiger partial charge is 0.255 e. The number of hydrogen-bond acceptors (Lipinski definition) is 2. The molecule has 0 unspecified atom stereocenters. The minimum absolute atomic E-state index is 0.161. The van der Waals surface area contributed by atoms with Crippen LogP contribution in [-0.4, -0.2) is 10.9 Å². The summed E-state index contributed by atoms with van der Waals surface area (Å²) in [7, 11) is 0. The second-order valence-electron chi connectivity index (χ2n) is 3.36. The van der Waals surface area contributed by atoms with Crippen LogP contribution in [0.1, 0.15) is 10.4 Å². The molecule has 1 aromatic heterocycles. The molecule has 0 spiro atoms. The minimum atomic E-state index is -0.554. The number of rotatable bonds is 2. The summed E-state index contributed by atoms with van der Waals surface area (Å²) in [4.78, 5) is 15.2. The molecule has 0 saturated heterocycles. The summed E-state index contributed by atoms with van der Waals surface area (Å²) in [5, 5.41) is 2.42. The lowest BCUT2D eigenvalue weighted by Gasteiger charge is -2.04. The van der Waals surface area contributed by atoms with E-state index in [4.69, 9.17) is 0 Å². The zero-order chi connectivity index (χ0) is 12.3. The van der Waals surface area contributed by atoms with Gasteiger partial charge in [0.2, 0.25) is 0 Å². The lowest BCUT2D eigenvalue weighted by atomic mass is 10.2. The van der Waals surface area contributed by atoms with Crippen molar-refractivity contribution in [1.82, 2.24) is 4.98 Å². The van der Waals surface area contributed by atoms with Gasteiger partial charge in [0.05, 0.1) is 18.1 Å². The van der Waals surface area contributed by atoms with E-state index in [1.165, 1.54) is 24.4 Å². The highest BCUT2D eigenvalue weighted by molar-refractivity contribution is 6.04. The monoisotopic (exact) mass is 234 g/mol. The molecule has 1 aromatic carbocycles. The zero-order valence-electron chi connectivity index (χ0n) is 8.65. The van der Waals surface area contributed by atoms with E-state index < -0.39 is 17.5 Å². The molecule has 5 heteroatoms. The third-order valence-electron chi connectivity index (χ3n) is 2.05. The van der Waals surface area contributed by atoms with Gasteiger partial charge in [-0.05, 0) is 18.2 Å². The molecule has 17 heavy (non-hydrogen) atoms. The van der Waals surface area contributed by atoms with Crippen molar-refractivity contribution in [2.75, 3.05) is 5.32 Å². The number of hydrogen-bond donors (Lipinski definition) is 1. The molecule has 0 atom stereocenters. The first-order valence-corrected chi connectivity index (χ1v) is 4.82. The molecule has 1 heterocycles. The summed E-state index contributed by atoms with van der Waals surface area (Å²) in [5.74, 6) is -1.58. The Labute approximate surface area is 96.1 Å². The average molecular weight is 234 g/mol. The van der Waals surface area contributed by atoms with Gasteiger partial charge in [0.1, 0.15) is 11.6 Å². The molecule has 2 rings (SSSR count). The summed E-state index contributed by atoms with van der Waals surface area (Å²) >= 11 is 0. The second kappa shape index (κ2) is 4.69. The first-order chi connectivity index (χ1) is 8.15. The number of anilines is 1. The van der Waals surface area contributed by atoms with Crippen LogP contribution in [0.3, 0.4) is 0 Å². The maximum absolute atomic E-state index is 12.9. The Hall–Kier alpha value is -2.30. The molecule has 0 aliphatic heterocycles. The Balaban J connectivity index is 2.17. The fourth-order valence-corrected chi connectivity index (χ4v) is 1.31. The number of amides is 1. The maximum atomic E-state index is 12.9. The van der Waals surface area contributed by atoms with Crippen LogP contribution in [0.5, 0.6) is 0 Å². The van der Waals surface area contributed by atoms with E-state index in [1.54, 1.807) is 0 Å². The van der Waals surface area contributed by atoms with Gasteiger partial charge in [0, 0.05) is 11.6 Å². The highest BCUT2D eigenvalue weighted by atomic mass is 19.1. The van der Waals surface area contributed by atoms with Gasteiger partial charge in [0.15, 0.2) is 0 Å². The second-order valence-corrected chi connectivity index (χ2v) is 3.36. The van der Waals surface area contributed by atoms with Crippen LogP contribution >= 0.6 is 0 Å². The molecule has 86 valence electrons. The maximum Gasteiger partial charge on any atom is 0.255 e. The first-order valence-electron chi connectivity index (χ1n) is 4.82. The van der Waals surface area contributed by atoms with Crippen LogP contribution in [-0.2, 0) is 0 Å². The summed E-state index contributed by atoms with van der Waals surface area (Å²) in [6, 6.07) is 6.35. The van der Waals surface area contributed by atoms with Crippen LogP contribution < -0.4 is 5.32 Å². The van der Waals surface area contributed by atoms with Crippen molar-refractivity contribution in [2.24, 2.45) is 0 Å². The van der Waals surface area contributed by atoms with E-state index in [1.807, 2.05) is 0 Å². The summed E-state index contributed by atoms with van der Waals surface area (Å²) in [5.41, 5.74) is 0.383. The predicted octanol–water partition coefficient (Wildman–Crippen LogP) is 2.61. The number of carbonyl (C=O) groups excluding carboxylic acids is 1. The van der Waals surface area contributed by atoms with Crippen molar-refractivity contribution in [3.8, 4) is 0 Å². The van der Waals surface area contributed by atoms with Crippen LogP contribution in [0.15, 0.2) is 42.7 Å². The Bertz CT molecular complexity index is 558. The van der Waals surface area contributed by atoms with Gasteiger partial charge in [0.25, 0.3) is 5.91 Å². The van der Waals surface area contributed by atoms with Crippen molar-refractivity contribution >= 4 is 11.6 Å². The quantitative estimate of drug-likeness (QED) is 0.867. The molecule has 0 bridgehead atoms. The van der Waals surface area contributed by atoms with Gasteiger partial charge in [-0.3, -0.25) is 9.78 Å². The van der Waals surface area contributed by atoms with Gasteiger partial charge < -0.3 is 5.32 Å². The van der Waals surface area contributed by atoms with Crippen LogP contribution in [0.25, 0.3) is 0 Å². The van der Waals surface area contributed by atoms with E-state index in [2.05, 4.69) is 10.3 Å². The number of pyridine rings is 1. The molecule has 2 aromatic rings. The SMILES string of the molecule is O=C(Nc1cncc(F)c1)c1cccc(F)c1. The van der Waals surface area contributed by atoms with Crippen LogP contribution in [0.4, 0.5) is 14.5 Å². The number of aromatic nitrogens is 1. The largest absolute Gasteiger partial charge is 0.320 e. The topological polar surface area (TPSA) is 42.0 Å². The molecule has 3 nitrogen and oxygen atoms in total. The van der Waals surface area contributed by atoms with Crippen LogP contribution in [0, 0.1) is 11.6 Å². The predicted molar refractivity (Wildman–Crippen MR) is 58.5 cm³/mol. The van der Waals surface area contributed by atoms with Crippen molar-refractivity contribution in [3.63, 3.8) is 0 Å². The number of carbonyl (C=O) groups is 1. The highest BCUT2D eigenvalue weighted by Gasteiger charge is 2.07. The Morgan fingerprint density at radius 2 is 1.94 bits per heavy atom. The number of halogens is 2. The molecule has 0 aliphatic rings. The fourth-order valence-electron chi connectivity index (χ4n) is 1.31.